The molecule has 0 aliphatic heterocycles. The van der Waals surface area contributed by atoms with E-state index in [9.17, 15) is 0 Å². The summed E-state index contributed by atoms with van der Waals surface area (Å²) in [5, 5.41) is 0. The van der Waals surface area contributed by atoms with Crippen molar-refractivity contribution in [3.63, 3.8) is 0 Å². The summed E-state index contributed by atoms with van der Waals surface area (Å²) in [7, 11) is 0. The Kier molecular flexibility index (Phi) is 5.99. The van der Waals surface area contributed by atoms with Gasteiger partial charge in [-0.25, -0.2) is 0 Å². The zero-order valence-electron chi connectivity index (χ0n) is 9.98. The van der Waals surface area contributed by atoms with Crippen molar-refractivity contribution in [2.24, 2.45) is 5.92 Å². The Balaban J connectivity index is 4.84. The molecule has 1 unspecified atom stereocenters. The molecular weight excluding hydrogens is 168 g/mol. The normalized spacial score (nSPS) is 13.3. The average Bonchev–Trinajstić information content (AvgIpc) is 2.15. The number of hydrogen-bond donors (Lipinski definition) is 0. The maximum atomic E-state index is 4.01. The van der Waals surface area contributed by atoms with E-state index in [0.29, 0.717) is 5.92 Å². The largest absolute Gasteiger partial charge is 0.125 e. The third-order valence-electron chi connectivity index (χ3n) is 2.51. The summed E-state index contributed by atoms with van der Waals surface area (Å²) in [4.78, 5) is 0. The van der Waals surface area contributed by atoms with Gasteiger partial charge in [-0.2, -0.15) is 0 Å². The van der Waals surface area contributed by atoms with E-state index in [0.717, 1.165) is 12.0 Å². The van der Waals surface area contributed by atoms with E-state index < -0.39 is 0 Å². The van der Waals surface area contributed by atoms with Crippen LogP contribution in [0.5, 0.6) is 0 Å². The quantitative estimate of drug-likeness (QED) is 0.336. The summed E-state index contributed by atoms with van der Waals surface area (Å²) in [6.45, 7) is 16.2. The molecule has 0 saturated carbocycles. The Bertz CT molecular complexity index is 272. The van der Waals surface area contributed by atoms with E-state index >= 15 is 0 Å². The molecular formula is C14H22. The third-order valence-corrected chi connectivity index (χ3v) is 2.51. The summed E-state index contributed by atoms with van der Waals surface area (Å²) in [5.74, 6) is 0.471. The lowest BCUT2D eigenvalue weighted by atomic mass is 9.90. The Morgan fingerprint density at radius 3 is 2.36 bits per heavy atom. The molecule has 0 aromatic carbocycles. The van der Waals surface area contributed by atoms with Gasteiger partial charge in [-0.05, 0) is 31.8 Å². The van der Waals surface area contributed by atoms with E-state index in [4.69, 9.17) is 0 Å². The molecule has 0 nitrogen and oxygen atoms in total. The summed E-state index contributed by atoms with van der Waals surface area (Å²) >= 11 is 0. The van der Waals surface area contributed by atoms with Crippen LogP contribution in [0.2, 0.25) is 0 Å². The molecule has 0 radical (unpaired) electrons. The highest BCUT2D eigenvalue weighted by atomic mass is 14.1. The molecule has 1 atom stereocenters. The van der Waals surface area contributed by atoms with Gasteiger partial charge in [0.25, 0.3) is 0 Å². The lowest BCUT2D eigenvalue weighted by molar-refractivity contribution is 0.726. The molecule has 78 valence electrons. The summed E-state index contributed by atoms with van der Waals surface area (Å²) in [6, 6.07) is 0. The average molecular weight is 190 g/mol. The molecule has 0 heteroatoms. The van der Waals surface area contributed by atoms with Crippen molar-refractivity contribution in [3.8, 4) is 0 Å². The van der Waals surface area contributed by atoms with Crippen molar-refractivity contribution in [1.82, 2.24) is 0 Å². The van der Waals surface area contributed by atoms with Gasteiger partial charge >= 0.3 is 0 Å². The Morgan fingerprint density at radius 1 is 1.43 bits per heavy atom. The van der Waals surface area contributed by atoms with Crippen molar-refractivity contribution in [3.05, 3.63) is 41.7 Å². The molecule has 0 aromatic heterocycles. The SMILES string of the molecule is C=C=C(C)C=C(CCC)C(C)C(=C)C. The molecule has 0 fully saturated rings. The maximum absolute atomic E-state index is 4.01. The van der Waals surface area contributed by atoms with E-state index in [1.165, 1.54) is 17.6 Å². The highest BCUT2D eigenvalue weighted by Gasteiger charge is 2.08. The van der Waals surface area contributed by atoms with Crippen molar-refractivity contribution in [2.75, 3.05) is 0 Å². The predicted octanol–water partition coefficient (Wildman–Crippen LogP) is 4.66. The fourth-order valence-corrected chi connectivity index (χ4v) is 1.35. The van der Waals surface area contributed by atoms with E-state index in [-0.39, 0.29) is 0 Å². The first-order valence-electron chi connectivity index (χ1n) is 5.25. The minimum atomic E-state index is 0.471. The van der Waals surface area contributed by atoms with Gasteiger partial charge in [-0.15, -0.1) is 5.73 Å². The first kappa shape index (κ1) is 13.0. The van der Waals surface area contributed by atoms with Gasteiger partial charge in [0.1, 0.15) is 0 Å². The highest BCUT2D eigenvalue weighted by molar-refractivity contribution is 5.26. The summed E-state index contributed by atoms with van der Waals surface area (Å²) < 4.78 is 0. The zero-order valence-corrected chi connectivity index (χ0v) is 9.98. The van der Waals surface area contributed by atoms with Gasteiger partial charge in [-0.3, -0.25) is 0 Å². The Labute approximate surface area is 88.7 Å². The number of allylic oxidation sites excluding steroid dienone is 4. The molecule has 0 aliphatic rings. The van der Waals surface area contributed by atoms with Gasteiger partial charge < -0.3 is 0 Å². The molecule has 0 N–H and O–H groups in total. The number of hydrogen-bond acceptors (Lipinski definition) is 0. The molecule has 14 heavy (non-hydrogen) atoms. The lowest BCUT2D eigenvalue weighted by Gasteiger charge is -2.15. The standard InChI is InChI=1S/C14H22/c1-7-9-14(10-12(5)8-2)13(6)11(3)4/h10,13H,2-3,7,9H2,1,4-6H3. The maximum Gasteiger partial charge on any atom is -0.00235 e. The van der Waals surface area contributed by atoms with Crippen molar-refractivity contribution < 1.29 is 0 Å². The Morgan fingerprint density at radius 2 is 2.00 bits per heavy atom. The first-order chi connectivity index (χ1) is 6.52. The fraction of sp³-hybridized carbons (Fsp3) is 0.500. The smallest absolute Gasteiger partial charge is 0.00235 e. The monoisotopic (exact) mass is 190 g/mol. The minimum absolute atomic E-state index is 0.471. The van der Waals surface area contributed by atoms with Gasteiger partial charge in [0.15, 0.2) is 0 Å². The van der Waals surface area contributed by atoms with Gasteiger partial charge in [-0.1, -0.05) is 50.6 Å². The lowest BCUT2D eigenvalue weighted by Crippen LogP contribution is -2.00. The highest BCUT2D eigenvalue weighted by Crippen LogP contribution is 2.23. The van der Waals surface area contributed by atoms with Crippen LogP contribution in [0.3, 0.4) is 0 Å². The van der Waals surface area contributed by atoms with Crippen LogP contribution in [0.15, 0.2) is 41.7 Å². The van der Waals surface area contributed by atoms with Crippen LogP contribution in [-0.4, -0.2) is 0 Å². The summed E-state index contributed by atoms with van der Waals surface area (Å²) in [6.07, 6.45) is 4.50. The van der Waals surface area contributed by atoms with Crippen molar-refractivity contribution in [2.45, 2.75) is 40.5 Å². The van der Waals surface area contributed by atoms with E-state index in [1.54, 1.807) is 0 Å². The zero-order chi connectivity index (χ0) is 11.1. The van der Waals surface area contributed by atoms with Crippen LogP contribution in [0.25, 0.3) is 0 Å². The van der Waals surface area contributed by atoms with Crippen molar-refractivity contribution in [1.29, 1.82) is 0 Å². The van der Waals surface area contributed by atoms with E-state index in [2.05, 4.69) is 45.7 Å². The molecule has 0 saturated heterocycles. The van der Waals surface area contributed by atoms with Gasteiger partial charge in [0.2, 0.25) is 0 Å². The van der Waals surface area contributed by atoms with Crippen LogP contribution in [0.1, 0.15) is 40.5 Å². The van der Waals surface area contributed by atoms with Crippen LogP contribution in [-0.2, 0) is 0 Å². The topological polar surface area (TPSA) is 0 Å². The van der Waals surface area contributed by atoms with Crippen molar-refractivity contribution >= 4 is 0 Å². The molecule has 0 heterocycles. The second-order valence-corrected chi connectivity index (χ2v) is 3.90. The predicted molar refractivity (Wildman–Crippen MR) is 65.3 cm³/mol. The molecule has 0 spiro atoms. The second kappa shape index (κ2) is 6.45. The summed E-state index contributed by atoms with van der Waals surface area (Å²) in [5.41, 5.74) is 6.68. The minimum Gasteiger partial charge on any atom is -0.125 e. The molecule has 0 aliphatic carbocycles. The van der Waals surface area contributed by atoms with Gasteiger partial charge in [0.05, 0.1) is 0 Å². The van der Waals surface area contributed by atoms with Gasteiger partial charge in [0, 0.05) is 0 Å². The number of rotatable bonds is 5. The third kappa shape index (κ3) is 4.30. The molecule has 0 aromatic rings. The second-order valence-electron chi connectivity index (χ2n) is 3.90. The Hall–Kier alpha value is -1.00. The van der Waals surface area contributed by atoms with Crippen LogP contribution >= 0.6 is 0 Å². The first-order valence-corrected chi connectivity index (χ1v) is 5.25. The fourth-order valence-electron chi connectivity index (χ4n) is 1.35. The molecule has 0 bridgehead atoms. The molecule has 0 amide bonds. The van der Waals surface area contributed by atoms with E-state index in [1.807, 2.05) is 6.92 Å². The van der Waals surface area contributed by atoms with Crippen LogP contribution < -0.4 is 0 Å². The molecule has 0 rings (SSSR count). The van der Waals surface area contributed by atoms with Crippen LogP contribution in [0, 0.1) is 5.92 Å². The van der Waals surface area contributed by atoms with Crippen LogP contribution in [0.4, 0.5) is 0 Å².